The van der Waals surface area contributed by atoms with Crippen LogP contribution in [-0.2, 0) is 4.74 Å². The summed E-state index contributed by atoms with van der Waals surface area (Å²) in [6.07, 6.45) is 0. The molecule has 0 fully saturated rings. The van der Waals surface area contributed by atoms with E-state index in [1.54, 1.807) is 12.1 Å². The summed E-state index contributed by atoms with van der Waals surface area (Å²) in [6.45, 7) is 1.92. The van der Waals surface area contributed by atoms with Crippen LogP contribution in [0.4, 0.5) is 4.39 Å². The predicted molar refractivity (Wildman–Crippen MR) is 65.8 cm³/mol. The number of hydrogen-bond acceptors (Lipinski definition) is 3. The Hall–Kier alpha value is -1.68. The second-order valence-electron chi connectivity index (χ2n) is 3.60. The zero-order chi connectivity index (χ0) is 12.4. The molecule has 88 valence electrons. The van der Waals surface area contributed by atoms with Crippen molar-refractivity contribution in [2.75, 3.05) is 7.11 Å². The SMILES string of the molecule is COC(=O)c1sc(C)cc1-c1ccc(F)cc1. The summed E-state index contributed by atoms with van der Waals surface area (Å²) >= 11 is 1.38. The minimum atomic E-state index is -0.359. The number of halogens is 1. The van der Waals surface area contributed by atoms with Crippen molar-refractivity contribution in [3.8, 4) is 11.1 Å². The first-order valence-corrected chi connectivity index (χ1v) is 5.88. The maximum atomic E-state index is 12.8. The number of benzene rings is 1. The minimum absolute atomic E-state index is 0.291. The highest BCUT2D eigenvalue weighted by molar-refractivity contribution is 7.14. The molecule has 0 N–H and O–H groups in total. The maximum absolute atomic E-state index is 12.8. The zero-order valence-electron chi connectivity index (χ0n) is 9.49. The van der Waals surface area contributed by atoms with Crippen molar-refractivity contribution >= 4 is 17.3 Å². The number of carbonyl (C=O) groups is 1. The first-order valence-electron chi connectivity index (χ1n) is 5.06. The molecule has 2 aromatic rings. The van der Waals surface area contributed by atoms with E-state index in [2.05, 4.69) is 0 Å². The van der Waals surface area contributed by atoms with Gasteiger partial charge >= 0.3 is 5.97 Å². The Morgan fingerprint density at radius 2 is 1.94 bits per heavy atom. The van der Waals surface area contributed by atoms with Crippen LogP contribution in [0.2, 0.25) is 0 Å². The molecule has 1 aromatic heterocycles. The van der Waals surface area contributed by atoms with Gasteiger partial charge in [-0.05, 0) is 30.7 Å². The predicted octanol–water partition coefficient (Wildman–Crippen LogP) is 3.65. The van der Waals surface area contributed by atoms with Gasteiger partial charge in [0.2, 0.25) is 0 Å². The first kappa shape index (κ1) is 11.8. The average Bonchev–Trinajstić information content (AvgIpc) is 2.71. The average molecular weight is 250 g/mol. The van der Waals surface area contributed by atoms with Gasteiger partial charge in [0.05, 0.1) is 7.11 Å². The second-order valence-corrected chi connectivity index (χ2v) is 4.85. The van der Waals surface area contributed by atoms with Crippen molar-refractivity contribution in [3.05, 3.63) is 45.9 Å². The third-order valence-corrected chi connectivity index (χ3v) is 3.41. The van der Waals surface area contributed by atoms with E-state index in [-0.39, 0.29) is 11.8 Å². The van der Waals surface area contributed by atoms with Crippen molar-refractivity contribution in [2.45, 2.75) is 6.92 Å². The third-order valence-electron chi connectivity index (χ3n) is 2.38. The van der Waals surface area contributed by atoms with E-state index in [9.17, 15) is 9.18 Å². The molecule has 0 saturated heterocycles. The van der Waals surface area contributed by atoms with E-state index >= 15 is 0 Å². The Morgan fingerprint density at radius 1 is 1.29 bits per heavy atom. The van der Waals surface area contributed by atoms with Gasteiger partial charge in [0.25, 0.3) is 0 Å². The Balaban J connectivity index is 2.51. The topological polar surface area (TPSA) is 26.3 Å². The number of ether oxygens (including phenoxy) is 1. The molecule has 0 aliphatic carbocycles. The standard InChI is InChI=1S/C13H11FO2S/c1-8-7-11(12(17-8)13(15)16-2)9-3-5-10(14)6-4-9/h3-7H,1-2H3. The van der Waals surface area contributed by atoms with Crippen LogP contribution >= 0.6 is 11.3 Å². The lowest BCUT2D eigenvalue weighted by Crippen LogP contribution is -1.99. The van der Waals surface area contributed by atoms with E-state index < -0.39 is 0 Å². The van der Waals surface area contributed by atoms with Crippen molar-refractivity contribution in [2.24, 2.45) is 0 Å². The summed E-state index contributed by atoms with van der Waals surface area (Å²) in [5, 5.41) is 0. The largest absolute Gasteiger partial charge is 0.465 e. The summed E-state index contributed by atoms with van der Waals surface area (Å²) < 4.78 is 17.6. The molecule has 1 heterocycles. The fourth-order valence-electron chi connectivity index (χ4n) is 1.60. The van der Waals surface area contributed by atoms with Crippen LogP contribution in [0.15, 0.2) is 30.3 Å². The van der Waals surface area contributed by atoms with Gasteiger partial charge in [0.15, 0.2) is 0 Å². The molecule has 0 aliphatic heterocycles. The number of hydrogen-bond donors (Lipinski definition) is 0. The Kier molecular flexibility index (Phi) is 3.24. The van der Waals surface area contributed by atoms with Gasteiger partial charge in [-0.25, -0.2) is 9.18 Å². The molecular weight excluding hydrogens is 239 g/mol. The Morgan fingerprint density at radius 3 is 2.53 bits per heavy atom. The van der Waals surface area contributed by atoms with Crippen LogP contribution in [0.25, 0.3) is 11.1 Å². The summed E-state index contributed by atoms with van der Waals surface area (Å²) in [5.74, 6) is -0.650. The second kappa shape index (κ2) is 4.67. The normalized spacial score (nSPS) is 10.3. The molecular formula is C13H11FO2S. The molecule has 0 atom stereocenters. The van der Waals surface area contributed by atoms with Gasteiger partial charge < -0.3 is 4.74 Å². The van der Waals surface area contributed by atoms with Gasteiger partial charge in [0, 0.05) is 10.4 Å². The number of methoxy groups -OCH3 is 1. The summed E-state index contributed by atoms with van der Waals surface area (Å²) in [6, 6.07) is 7.98. The summed E-state index contributed by atoms with van der Waals surface area (Å²) in [4.78, 5) is 13.2. The molecule has 17 heavy (non-hydrogen) atoms. The lowest BCUT2D eigenvalue weighted by Gasteiger charge is -2.02. The van der Waals surface area contributed by atoms with Gasteiger partial charge in [0.1, 0.15) is 10.7 Å². The molecule has 4 heteroatoms. The molecule has 2 rings (SSSR count). The van der Waals surface area contributed by atoms with Crippen molar-refractivity contribution in [3.63, 3.8) is 0 Å². The lowest BCUT2D eigenvalue weighted by molar-refractivity contribution is 0.0607. The fourth-order valence-corrected chi connectivity index (χ4v) is 2.55. The monoisotopic (exact) mass is 250 g/mol. The molecule has 0 bridgehead atoms. The van der Waals surface area contributed by atoms with E-state index in [4.69, 9.17) is 4.74 Å². The van der Waals surface area contributed by atoms with Gasteiger partial charge in [-0.1, -0.05) is 12.1 Å². The number of thiophene rings is 1. The van der Waals surface area contributed by atoms with Crippen LogP contribution in [0, 0.1) is 12.7 Å². The summed E-state index contributed by atoms with van der Waals surface area (Å²) in [5.41, 5.74) is 1.61. The van der Waals surface area contributed by atoms with Crippen LogP contribution < -0.4 is 0 Å². The van der Waals surface area contributed by atoms with E-state index in [1.807, 2.05) is 13.0 Å². The Bertz CT molecular complexity index is 543. The first-order chi connectivity index (χ1) is 8.11. The van der Waals surface area contributed by atoms with E-state index in [0.29, 0.717) is 4.88 Å². The van der Waals surface area contributed by atoms with Crippen LogP contribution in [-0.4, -0.2) is 13.1 Å². The van der Waals surface area contributed by atoms with Crippen LogP contribution in [0.5, 0.6) is 0 Å². The zero-order valence-corrected chi connectivity index (χ0v) is 10.3. The number of rotatable bonds is 2. The van der Waals surface area contributed by atoms with Gasteiger partial charge in [-0.2, -0.15) is 0 Å². The lowest BCUT2D eigenvalue weighted by atomic mass is 10.1. The number of esters is 1. The molecule has 0 aliphatic rings. The summed E-state index contributed by atoms with van der Waals surface area (Å²) in [7, 11) is 1.35. The highest BCUT2D eigenvalue weighted by atomic mass is 32.1. The molecule has 0 saturated carbocycles. The smallest absolute Gasteiger partial charge is 0.348 e. The van der Waals surface area contributed by atoms with Crippen molar-refractivity contribution in [1.29, 1.82) is 0 Å². The van der Waals surface area contributed by atoms with E-state index in [1.165, 1.54) is 30.6 Å². The number of aryl methyl sites for hydroxylation is 1. The molecule has 0 radical (unpaired) electrons. The minimum Gasteiger partial charge on any atom is -0.465 e. The van der Waals surface area contributed by atoms with Gasteiger partial charge in [-0.15, -0.1) is 11.3 Å². The maximum Gasteiger partial charge on any atom is 0.348 e. The van der Waals surface area contributed by atoms with Crippen molar-refractivity contribution in [1.82, 2.24) is 0 Å². The van der Waals surface area contributed by atoms with Crippen molar-refractivity contribution < 1.29 is 13.9 Å². The van der Waals surface area contributed by atoms with E-state index in [0.717, 1.165) is 16.0 Å². The van der Waals surface area contributed by atoms with Crippen LogP contribution in [0.1, 0.15) is 14.5 Å². The number of carbonyl (C=O) groups excluding carboxylic acids is 1. The highest BCUT2D eigenvalue weighted by Crippen LogP contribution is 2.31. The quantitative estimate of drug-likeness (QED) is 0.760. The highest BCUT2D eigenvalue weighted by Gasteiger charge is 2.16. The fraction of sp³-hybridized carbons (Fsp3) is 0.154. The molecule has 0 unspecified atom stereocenters. The van der Waals surface area contributed by atoms with Crippen LogP contribution in [0.3, 0.4) is 0 Å². The molecule has 2 nitrogen and oxygen atoms in total. The molecule has 1 aromatic carbocycles. The third kappa shape index (κ3) is 2.36. The van der Waals surface area contributed by atoms with Gasteiger partial charge in [-0.3, -0.25) is 0 Å². The molecule has 0 spiro atoms. The molecule has 0 amide bonds. The Labute approximate surface area is 103 Å².